The molecule has 0 spiro atoms. The summed E-state index contributed by atoms with van der Waals surface area (Å²) in [7, 11) is 1.41. The summed E-state index contributed by atoms with van der Waals surface area (Å²) in [5.41, 5.74) is 3.50. The molecule has 0 aliphatic carbocycles. The lowest BCUT2D eigenvalue weighted by Crippen LogP contribution is -2.21. The van der Waals surface area contributed by atoms with Crippen molar-refractivity contribution in [2.45, 2.75) is 20.8 Å². The number of methoxy groups -OCH3 is 1. The second-order valence-corrected chi connectivity index (χ2v) is 4.12. The zero-order valence-electron chi connectivity index (χ0n) is 10.3. The van der Waals surface area contributed by atoms with E-state index in [1.807, 2.05) is 13.0 Å². The van der Waals surface area contributed by atoms with Gasteiger partial charge in [0.05, 0.1) is 13.0 Å². The van der Waals surface area contributed by atoms with Crippen molar-refractivity contribution >= 4 is 11.7 Å². The van der Waals surface area contributed by atoms with Crippen LogP contribution in [-0.2, 0) is 9.53 Å². The van der Waals surface area contributed by atoms with Crippen LogP contribution in [0.15, 0.2) is 18.2 Å². The molecule has 88 valence electrons. The maximum atomic E-state index is 11.2. The Morgan fingerprint density at radius 3 is 2.69 bits per heavy atom. The lowest BCUT2D eigenvalue weighted by Gasteiger charge is -2.13. The predicted octanol–water partition coefficient (Wildman–Crippen LogP) is 2.52. The quantitative estimate of drug-likeness (QED) is 0.794. The van der Waals surface area contributed by atoms with Crippen LogP contribution in [0, 0.1) is 19.8 Å². The summed E-state index contributed by atoms with van der Waals surface area (Å²) in [5, 5.41) is 3.25. The van der Waals surface area contributed by atoms with Crippen molar-refractivity contribution in [2.75, 3.05) is 19.0 Å². The number of aryl methyl sites for hydroxylation is 2. The van der Waals surface area contributed by atoms with Gasteiger partial charge in [0.2, 0.25) is 0 Å². The molecule has 16 heavy (non-hydrogen) atoms. The van der Waals surface area contributed by atoms with Crippen LogP contribution in [0.25, 0.3) is 0 Å². The van der Waals surface area contributed by atoms with Gasteiger partial charge in [-0.15, -0.1) is 0 Å². The van der Waals surface area contributed by atoms with Gasteiger partial charge in [-0.25, -0.2) is 0 Å². The summed E-state index contributed by atoms with van der Waals surface area (Å²) in [4.78, 5) is 11.2. The Hall–Kier alpha value is -1.51. The number of nitrogens with one attached hydrogen (secondary N) is 1. The lowest BCUT2D eigenvalue weighted by atomic mass is 10.1. The fourth-order valence-corrected chi connectivity index (χ4v) is 1.56. The van der Waals surface area contributed by atoms with E-state index in [1.54, 1.807) is 0 Å². The summed E-state index contributed by atoms with van der Waals surface area (Å²) in [6.07, 6.45) is 0. The topological polar surface area (TPSA) is 38.3 Å². The SMILES string of the molecule is COC(=O)C(C)CNc1ccc(C)cc1C. The maximum Gasteiger partial charge on any atom is 0.310 e. The second kappa shape index (κ2) is 5.54. The molecule has 0 amide bonds. The van der Waals surface area contributed by atoms with Crippen LogP contribution >= 0.6 is 0 Å². The fraction of sp³-hybridized carbons (Fsp3) is 0.462. The average molecular weight is 221 g/mol. The van der Waals surface area contributed by atoms with E-state index in [2.05, 4.69) is 36.0 Å². The Bertz CT molecular complexity index is 374. The van der Waals surface area contributed by atoms with Crippen molar-refractivity contribution in [1.29, 1.82) is 0 Å². The van der Waals surface area contributed by atoms with E-state index in [0.717, 1.165) is 5.69 Å². The Kier molecular flexibility index (Phi) is 4.35. The van der Waals surface area contributed by atoms with E-state index in [1.165, 1.54) is 18.2 Å². The average Bonchev–Trinajstić information content (AvgIpc) is 2.26. The third-order valence-electron chi connectivity index (χ3n) is 2.58. The van der Waals surface area contributed by atoms with Crippen LogP contribution in [0.5, 0.6) is 0 Å². The smallest absolute Gasteiger partial charge is 0.310 e. The van der Waals surface area contributed by atoms with Crippen molar-refractivity contribution < 1.29 is 9.53 Å². The molecule has 0 aliphatic heterocycles. The number of hydrogen-bond acceptors (Lipinski definition) is 3. The van der Waals surface area contributed by atoms with E-state index in [0.29, 0.717) is 6.54 Å². The summed E-state index contributed by atoms with van der Waals surface area (Å²) in [6.45, 7) is 6.56. The predicted molar refractivity (Wildman–Crippen MR) is 65.6 cm³/mol. The van der Waals surface area contributed by atoms with Gasteiger partial charge in [0, 0.05) is 12.2 Å². The van der Waals surface area contributed by atoms with Gasteiger partial charge < -0.3 is 10.1 Å². The molecule has 1 atom stereocenters. The standard InChI is InChI=1S/C13H19NO2/c1-9-5-6-12(10(2)7-9)14-8-11(3)13(15)16-4/h5-7,11,14H,8H2,1-4H3. The summed E-state index contributed by atoms with van der Waals surface area (Å²) in [6, 6.07) is 6.21. The lowest BCUT2D eigenvalue weighted by molar-refractivity contribution is -0.144. The number of anilines is 1. The molecule has 0 aromatic heterocycles. The Morgan fingerprint density at radius 2 is 2.12 bits per heavy atom. The monoisotopic (exact) mass is 221 g/mol. The summed E-state index contributed by atoms with van der Waals surface area (Å²) < 4.78 is 4.67. The molecular formula is C13H19NO2. The molecule has 3 heteroatoms. The molecule has 0 fully saturated rings. The highest BCUT2D eigenvalue weighted by molar-refractivity contribution is 5.72. The number of rotatable bonds is 4. The molecule has 1 rings (SSSR count). The third kappa shape index (κ3) is 3.26. The van der Waals surface area contributed by atoms with Crippen LogP contribution in [0.4, 0.5) is 5.69 Å². The second-order valence-electron chi connectivity index (χ2n) is 4.12. The van der Waals surface area contributed by atoms with E-state index in [-0.39, 0.29) is 11.9 Å². The molecular weight excluding hydrogens is 202 g/mol. The minimum absolute atomic E-state index is 0.134. The normalized spacial score (nSPS) is 12.0. The van der Waals surface area contributed by atoms with Gasteiger partial charge >= 0.3 is 5.97 Å². The first-order valence-corrected chi connectivity index (χ1v) is 5.43. The van der Waals surface area contributed by atoms with E-state index >= 15 is 0 Å². The molecule has 0 bridgehead atoms. The van der Waals surface area contributed by atoms with Crippen molar-refractivity contribution in [3.63, 3.8) is 0 Å². The maximum absolute atomic E-state index is 11.2. The van der Waals surface area contributed by atoms with E-state index < -0.39 is 0 Å². The van der Waals surface area contributed by atoms with Gasteiger partial charge in [-0.2, -0.15) is 0 Å². The van der Waals surface area contributed by atoms with Crippen LogP contribution in [0.1, 0.15) is 18.1 Å². The van der Waals surface area contributed by atoms with Gasteiger partial charge in [0.25, 0.3) is 0 Å². The fourth-order valence-electron chi connectivity index (χ4n) is 1.56. The molecule has 1 aromatic rings. The Labute approximate surface area is 96.8 Å². The molecule has 0 saturated heterocycles. The van der Waals surface area contributed by atoms with Crippen LogP contribution in [0.3, 0.4) is 0 Å². The number of hydrogen-bond donors (Lipinski definition) is 1. The summed E-state index contributed by atoms with van der Waals surface area (Å²) >= 11 is 0. The van der Waals surface area contributed by atoms with Crippen molar-refractivity contribution in [3.05, 3.63) is 29.3 Å². The molecule has 1 N–H and O–H groups in total. The first-order chi connectivity index (χ1) is 7.54. The molecule has 1 unspecified atom stereocenters. The van der Waals surface area contributed by atoms with E-state index in [9.17, 15) is 4.79 Å². The van der Waals surface area contributed by atoms with Crippen molar-refractivity contribution in [3.8, 4) is 0 Å². The third-order valence-corrected chi connectivity index (χ3v) is 2.58. The van der Waals surface area contributed by atoms with Crippen molar-refractivity contribution in [2.24, 2.45) is 5.92 Å². The Balaban J connectivity index is 2.58. The number of carbonyl (C=O) groups excluding carboxylic acids is 1. The van der Waals surface area contributed by atoms with Gasteiger partial charge in [-0.3, -0.25) is 4.79 Å². The molecule has 0 saturated carbocycles. The zero-order chi connectivity index (χ0) is 12.1. The van der Waals surface area contributed by atoms with Gasteiger partial charge in [-0.1, -0.05) is 24.6 Å². The van der Waals surface area contributed by atoms with Crippen LogP contribution in [0.2, 0.25) is 0 Å². The Morgan fingerprint density at radius 1 is 1.44 bits per heavy atom. The number of esters is 1. The first-order valence-electron chi connectivity index (χ1n) is 5.43. The molecule has 3 nitrogen and oxygen atoms in total. The number of benzene rings is 1. The summed E-state index contributed by atoms with van der Waals surface area (Å²) in [5.74, 6) is -0.317. The van der Waals surface area contributed by atoms with Gasteiger partial charge in [-0.05, 0) is 25.5 Å². The molecule has 0 radical (unpaired) electrons. The minimum atomic E-state index is -0.183. The molecule has 0 aliphatic rings. The highest BCUT2D eigenvalue weighted by Crippen LogP contribution is 2.16. The van der Waals surface area contributed by atoms with Gasteiger partial charge in [0.1, 0.15) is 0 Å². The van der Waals surface area contributed by atoms with Gasteiger partial charge in [0.15, 0.2) is 0 Å². The number of ether oxygens (including phenoxy) is 1. The minimum Gasteiger partial charge on any atom is -0.469 e. The first kappa shape index (κ1) is 12.6. The zero-order valence-corrected chi connectivity index (χ0v) is 10.3. The van der Waals surface area contributed by atoms with E-state index in [4.69, 9.17) is 0 Å². The largest absolute Gasteiger partial charge is 0.469 e. The molecule has 1 aromatic carbocycles. The highest BCUT2D eigenvalue weighted by Gasteiger charge is 2.12. The number of carbonyl (C=O) groups is 1. The highest BCUT2D eigenvalue weighted by atomic mass is 16.5. The van der Waals surface area contributed by atoms with Crippen molar-refractivity contribution in [1.82, 2.24) is 0 Å². The molecule has 0 heterocycles. The van der Waals surface area contributed by atoms with Crippen LogP contribution < -0.4 is 5.32 Å². The van der Waals surface area contributed by atoms with Crippen LogP contribution in [-0.4, -0.2) is 19.6 Å².